The number of hydrazine groups is 1. The lowest BCUT2D eigenvalue weighted by molar-refractivity contribution is 0.414. The summed E-state index contributed by atoms with van der Waals surface area (Å²) >= 11 is 5.86. The van der Waals surface area contributed by atoms with Crippen LogP contribution in [0.5, 0.6) is 5.75 Å². The van der Waals surface area contributed by atoms with E-state index in [1.807, 2.05) is 0 Å². The molecule has 11 heteroatoms. The molecule has 0 amide bonds. The van der Waals surface area contributed by atoms with Crippen molar-refractivity contribution >= 4 is 43.4 Å². The van der Waals surface area contributed by atoms with E-state index in [-0.39, 0.29) is 5.69 Å². The number of hydrogen-bond donors (Lipinski definition) is 2. The number of nitrogens with zero attached hydrogens (tertiary/aromatic N) is 1. The van der Waals surface area contributed by atoms with Crippen molar-refractivity contribution < 1.29 is 21.6 Å². The third-order valence-electron chi connectivity index (χ3n) is 3.30. The molecule has 2 aromatic rings. The van der Waals surface area contributed by atoms with Crippen molar-refractivity contribution in [3.05, 3.63) is 58.5 Å². The Morgan fingerprint density at radius 3 is 2.38 bits per heavy atom. The molecular formula is C15H16ClN3O5S2. The second-order valence-electron chi connectivity index (χ2n) is 5.04. The smallest absolute Gasteiger partial charge is 0.270 e. The van der Waals surface area contributed by atoms with Gasteiger partial charge in [-0.15, -0.1) is 0 Å². The zero-order valence-electron chi connectivity index (χ0n) is 13.5. The van der Waals surface area contributed by atoms with Crippen LogP contribution in [0.15, 0.2) is 52.8 Å². The number of ether oxygens (including phenoxy) is 1. The molecule has 0 unspecified atom stereocenters. The number of nitrogens with two attached hydrogens (primary N) is 2. The van der Waals surface area contributed by atoms with Crippen LogP contribution in [-0.4, -0.2) is 23.9 Å². The van der Waals surface area contributed by atoms with Crippen molar-refractivity contribution in [1.29, 1.82) is 0 Å². The maximum absolute atomic E-state index is 12.5. The van der Waals surface area contributed by atoms with Gasteiger partial charge in [0.15, 0.2) is 0 Å². The molecule has 4 N–H and O–H groups in total. The second kappa shape index (κ2) is 7.64. The minimum Gasteiger partial charge on any atom is -0.496 e. The average Bonchev–Trinajstić information content (AvgIpc) is 2.59. The van der Waals surface area contributed by atoms with Crippen LogP contribution >= 0.6 is 11.6 Å². The van der Waals surface area contributed by atoms with Crippen molar-refractivity contribution in [3.8, 4) is 5.75 Å². The maximum Gasteiger partial charge on any atom is 0.270 e. The number of methoxy groups -OCH3 is 1. The van der Waals surface area contributed by atoms with Gasteiger partial charge in [0.05, 0.1) is 18.2 Å². The molecule has 0 atom stereocenters. The summed E-state index contributed by atoms with van der Waals surface area (Å²) in [6.07, 6.45) is 1.25. The first kappa shape index (κ1) is 20.2. The van der Waals surface area contributed by atoms with E-state index in [1.165, 1.54) is 37.5 Å². The molecule has 0 aliphatic carbocycles. The lowest BCUT2D eigenvalue weighted by Gasteiger charge is -2.18. The van der Waals surface area contributed by atoms with E-state index in [4.69, 9.17) is 27.3 Å². The summed E-state index contributed by atoms with van der Waals surface area (Å²) in [6, 6.07) is 9.87. The first-order valence-corrected chi connectivity index (χ1v) is 10.4. The lowest BCUT2D eigenvalue weighted by atomic mass is 10.2. The molecule has 2 aromatic carbocycles. The van der Waals surface area contributed by atoms with Gasteiger partial charge in [-0.25, -0.2) is 32.2 Å². The molecular weight excluding hydrogens is 402 g/mol. The summed E-state index contributed by atoms with van der Waals surface area (Å²) in [6.45, 7) is 0. The highest BCUT2D eigenvalue weighted by Gasteiger charge is 2.23. The average molecular weight is 418 g/mol. The first-order valence-electron chi connectivity index (χ1n) is 7.00. The van der Waals surface area contributed by atoms with E-state index in [2.05, 4.69) is 0 Å². The third-order valence-corrected chi connectivity index (χ3v) is 5.72. The summed E-state index contributed by atoms with van der Waals surface area (Å²) < 4.78 is 53.7. The Morgan fingerprint density at radius 2 is 1.77 bits per heavy atom. The van der Waals surface area contributed by atoms with E-state index in [0.29, 0.717) is 20.7 Å². The van der Waals surface area contributed by atoms with Crippen LogP contribution in [0.4, 0.5) is 5.69 Å². The Kier molecular flexibility index (Phi) is 5.94. The monoisotopic (exact) mass is 417 g/mol. The highest BCUT2D eigenvalue weighted by atomic mass is 35.5. The Morgan fingerprint density at radius 1 is 1.12 bits per heavy atom. The number of benzene rings is 2. The van der Waals surface area contributed by atoms with Crippen molar-refractivity contribution in [2.45, 2.75) is 4.90 Å². The SMILES string of the molecule is COc1cc(Cl)ccc1/C=C/S(=O)(=O)N(N)c1ccccc1S(N)(=O)=O. The van der Waals surface area contributed by atoms with E-state index in [1.54, 1.807) is 12.1 Å². The first-order chi connectivity index (χ1) is 12.1. The molecule has 2 rings (SSSR count). The minimum absolute atomic E-state index is 0.275. The minimum atomic E-state index is -4.21. The van der Waals surface area contributed by atoms with Crippen LogP contribution in [0.3, 0.4) is 0 Å². The van der Waals surface area contributed by atoms with E-state index < -0.39 is 24.9 Å². The molecule has 0 saturated heterocycles. The second-order valence-corrected chi connectivity index (χ2v) is 8.70. The standard InChI is InChI=1S/C15H16ClN3O5S2/c1-24-14-10-12(16)7-6-11(14)8-9-25(20,21)19(17)13-4-2-3-5-15(13)26(18,22)23/h2-10H,17H2,1H3,(H2,18,22,23)/b9-8+. The molecule has 0 heterocycles. The fraction of sp³-hybridized carbons (Fsp3) is 0.0667. The molecule has 0 aromatic heterocycles. The zero-order valence-corrected chi connectivity index (χ0v) is 15.9. The van der Waals surface area contributed by atoms with Gasteiger partial charge < -0.3 is 4.74 Å². The van der Waals surface area contributed by atoms with Crippen molar-refractivity contribution in [3.63, 3.8) is 0 Å². The molecule has 0 fully saturated rings. The van der Waals surface area contributed by atoms with Crippen LogP contribution in [0, 0.1) is 0 Å². The predicted molar refractivity (Wildman–Crippen MR) is 100 cm³/mol. The number of sulfonamides is 2. The maximum atomic E-state index is 12.5. The largest absolute Gasteiger partial charge is 0.496 e. The number of rotatable bonds is 6. The number of primary sulfonamides is 1. The summed E-state index contributed by atoms with van der Waals surface area (Å²) in [5.74, 6) is 6.01. The normalized spacial score (nSPS) is 12.3. The fourth-order valence-electron chi connectivity index (χ4n) is 2.06. The quantitative estimate of drug-likeness (QED) is 0.542. The van der Waals surface area contributed by atoms with Crippen LogP contribution < -0.4 is 20.1 Å². The number of anilines is 1. The van der Waals surface area contributed by atoms with Crippen LogP contribution in [0.2, 0.25) is 5.02 Å². The Bertz CT molecular complexity index is 1050. The Labute approximate surface area is 156 Å². The van der Waals surface area contributed by atoms with E-state index in [9.17, 15) is 16.8 Å². The van der Waals surface area contributed by atoms with Crippen molar-refractivity contribution in [2.24, 2.45) is 11.0 Å². The van der Waals surface area contributed by atoms with Gasteiger partial charge >= 0.3 is 0 Å². The highest BCUT2D eigenvalue weighted by Crippen LogP contribution is 2.27. The number of hydrogen-bond acceptors (Lipinski definition) is 6. The van der Waals surface area contributed by atoms with Gasteiger partial charge in [-0.2, -0.15) is 0 Å². The molecule has 8 nitrogen and oxygen atoms in total. The van der Waals surface area contributed by atoms with Gasteiger partial charge in [0.25, 0.3) is 10.0 Å². The summed E-state index contributed by atoms with van der Waals surface area (Å²) in [7, 11) is -6.96. The summed E-state index contributed by atoms with van der Waals surface area (Å²) in [5.41, 5.74) is 0.163. The molecule has 0 saturated carbocycles. The van der Waals surface area contributed by atoms with Gasteiger partial charge in [-0.05, 0) is 36.4 Å². The lowest BCUT2D eigenvalue weighted by Crippen LogP contribution is -2.37. The molecule has 0 aliphatic heterocycles. The van der Waals surface area contributed by atoms with E-state index in [0.717, 1.165) is 11.5 Å². The van der Waals surface area contributed by atoms with Crippen LogP contribution in [0.25, 0.3) is 6.08 Å². The molecule has 0 aliphatic rings. The molecule has 26 heavy (non-hydrogen) atoms. The molecule has 0 spiro atoms. The summed E-state index contributed by atoms with van der Waals surface area (Å²) in [4.78, 5) is -0.413. The Balaban J connectivity index is 2.43. The van der Waals surface area contributed by atoms with Gasteiger partial charge in [0.1, 0.15) is 10.6 Å². The molecule has 0 bridgehead atoms. The molecule has 0 radical (unpaired) electrons. The third kappa shape index (κ3) is 4.54. The topological polar surface area (TPSA) is 133 Å². The van der Waals surface area contributed by atoms with Gasteiger partial charge in [-0.3, -0.25) is 0 Å². The predicted octanol–water partition coefficient (Wildman–Crippen LogP) is 1.68. The Hall–Kier alpha value is -2.11. The zero-order chi connectivity index (χ0) is 19.5. The van der Waals surface area contributed by atoms with Crippen LogP contribution in [-0.2, 0) is 20.0 Å². The van der Waals surface area contributed by atoms with Crippen molar-refractivity contribution in [2.75, 3.05) is 11.5 Å². The summed E-state index contributed by atoms with van der Waals surface area (Å²) in [5, 5.41) is 6.34. The van der Waals surface area contributed by atoms with Gasteiger partial charge in [-0.1, -0.05) is 23.7 Å². The number of halogens is 1. The fourth-order valence-corrected chi connectivity index (χ4v) is 3.89. The van der Waals surface area contributed by atoms with E-state index >= 15 is 0 Å². The van der Waals surface area contributed by atoms with Crippen molar-refractivity contribution in [1.82, 2.24) is 0 Å². The highest BCUT2D eigenvalue weighted by molar-refractivity contribution is 7.95. The van der Waals surface area contributed by atoms with Gasteiger partial charge in [0, 0.05) is 10.6 Å². The van der Waals surface area contributed by atoms with Gasteiger partial charge in [0.2, 0.25) is 10.0 Å². The van der Waals surface area contributed by atoms with Crippen LogP contribution in [0.1, 0.15) is 5.56 Å². The molecule has 140 valence electrons. The number of para-hydroxylation sites is 1.